The molecule has 0 radical (unpaired) electrons. The van der Waals surface area contributed by atoms with Crippen LogP contribution in [0.1, 0.15) is 29.9 Å². The number of ether oxygens (including phenoxy) is 1. The number of aromatic nitrogens is 1. The number of nitrogens with one attached hydrogen (secondary N) is 2. The van der Waals surface area contributed by atoms with Crippen molar-refractivity contribution in [3.63, 3.8) is 0 Å². The van der Waals surface area contributed by atoms with Crippen molar-refractivity contribution in [2.45, 2.75) is 38.2 Å². The number of halogens is 4. The minimum absolute atomic E-state index is 0.0205. The summed E-state index contributed by atoms with van der Waals surface area (Å²) in [5, 5.41) is 2.75. The number of H-pyrrole nitrogens is 1. The molecule has 2 N–H and O–H groups in total. The van der Waals surface area contributed by atoms with Crippen LogP contribution in [0.4, 0.5) is 22.4 Å². The number of hydrogen-bond acceptors (Lipinski definition) is 2. The van der Waals surface area contributed by atoms with Gasteiger partial charge in [-0.15, -0.1) is 0 Å². The first kappa shape index (κ1) is 20.3. The Hall–Kier alpha value is -3.03. The van der Waals surface area contributed by atoms with Crippen molar-refractivity contribution >= 4 is 17.0 Å². The van der Waals surface area contributed by atoms with Gasteiger partial charge in [0.25, 0.3) is 6.43 Å². The van der Waals surface area contributed by atoms with Gasteiger partial charge in [-0.1, -0.05) is 0 Å². The highest BCUT2D eigenvalue weighted by Crippen LogP contribution is 2.46. The first-order chi connectivity index (χ1) is 14.3. The molecule has 1 heterocycles. The monoisotopic (exact) mass is 420 g/mol. The average molecular weight is 420 g/mol. The van der Waals surface area contributed by atoms with E-state index in [1.165, 1.54) is 24.3 Å². The molecule has 0 unspecified atom stereocenters. The van der Waals surface area contributed by atoms with E-state index in [0.29, 0.717) is 12.8 Å². The second kappa shape index (κ2) is 8.01. The van der Waals surface area contributed by atoms with Gasteiger partial charge in [0.2, 0.25) is 0 Å². The van der Waals surface area contributed by atoms with E-state index < -0.39 is 25.2 Å². The molecule has 4 nitrogen and oxygen atoms in total. The van der Waals surface area contributed by atoms with Crippen LogP contribution in [0.2, 0.25) is 0 Å². The Labute approximate surface area is 170 Å². The van der Waals surface area contributed by atoms with Gasteiger partial charge in [-0.05, 0) is 78.8 Å². The van der Waals surface area contributed by atoms with Crippen molar-refractivity contribution in [3.8, 4) is 11.3 Å². The molecule has 1 aliphatic rings. The number of aryl methyl sites for hydroxylation is 1. The highest BCUT2D eigenvalue weighted by molar-refractivity contribution is 5.93. The summed E-state index contributed by atoms with van der Waals surface area (Å²) in [5.41, 5.74) is 3.96. The third-order valence-corrected chi connectivity index (χ3v) is 5.42. The number of benzene rings is 2. The number of amides is 1. The Morgan fingerprint density at radius 1 is 1.17 bits per heavy atom. The summed E-state index contributed by atoms with van der Waals surface area (Å²) in [6.45, 7) is 1.05. The van der Waals surface area contributed by atoms with Gasteiger partial charge in [-0.2, -0.15) is 0 Å². The topological polar surface area (TPSA) is 54.1 Å². The molecular weight excluding hydrogens is 400 g/mol. The van der Waals surface area contributed by atoms with E-state index in [1.54, 1.807) is 19.1 Å². The Bertz CT molecular complexity index is 1070. The van der Waals surface area contributed by atoms with Crippen LogP contribution in [0.5, 0.6) is 0 Å². The zero-order valence-electron chi connectivity index (χ0n) is 16.1. The van der Waals surface area contributed by atoms with Crippen molar-refractivity contribution in [1.82, 2.24) is 10.3 Å². The number of hydrogen-bond donors (Lipinski definition) is 2. The number of rotatable bonds is 5. The molecule has 0 spiro atoms. The first-order valence-electron chi connectivity index (χ1n) is 9.62. The predicted molar refractivity (Wildman–Crippen MR) is 105 cm³/mol. The average Bonchev–Trinajstić information content (AvgIpc) is 3.02. The fraction of sp³-hybridized carbons (Fsp3) is 0.318. The molecule has 4 rings (SSSR count). The number of alkyl halides is 2. The number of alkyl carbamates (subject to hydrolysis) is 1. The van der Waals surface area contributed by atoms with Crippen LogP contribution in [0.3, 0.4) is 0 Å². The van der Waals surface area contributed by atoms with E-state index in [0.717, 1.165) is 33.3 Å². The van der Waals surface area contributed by atoms with Gasteiger partial charge in [-0.3, -0.25) is 0 Å². The zero-order chi connectivity index (χ0) is 21.4. The van der Waals surface area contributed by atoms with Crippen LogP contribution in [0, 0.1) is 18.6 Å². The van der Waals surface area contributed by atoms with Crippen LogP contribution >= 0.6 is 0 Å². The second-order valence-corrected chi connectivity index (χ2v) is 7.53. The first-order valence-corrected chi connectivity index (χ1v) is 9.62. The van der Waals surface area contributed by atoms with Crippen molar-refractivity contribution < 1.29 is 27.1 Å². The van der Waals surface area contributed by atoms with Gasteiger partial charge in [-0.25, -0.2) is 22.4 Å². The van der Waals surface area contributed by atoms with Crippen LogP contribution < -0.4 is 5.32 Å². The minimum Gasteiger partial charge on any atom is -0.446 e. The van der Waals surface area contributed by atoms with Crippen molar-refractivity contribution in [1.29, 1.82) is 0 Å². The predicted octanol–water partition coefficient (Wildman–Crippen LogP) is 5.66. The third-order valence-electron chi connectivity index (χ3n) is 5.42. The molecule has 30 heavy (non-hydrogen) atoms. The molecule has 1 amide bonds. The van der Waals surface area contributed by atoms with Gasteiger partial charge in [0.15, 0.2) is 0 Å². The summed E-state index contributed by atoms with van der Waals surface area (Å²) in [5.74, 6) is -0.733. The minimum atomic E-state index is -2.64. The zero-order valence-corrected chi connectivity index (χ0v) is 16.1. The molecule has 158 valence electrons. The molecule has 2 aromatic carbocycles. The maximum absolute atomic E-state index is 14.1. The summed E-state index contributed by atoms with van der Waals surface area (Å²) in [7, 11) is 0. The molecule has 1 fully saturated rings. The normalized spacial score (nSPS) is 18.5. The lowest BCUT2D eigenvalue weighted by atomic mass is 9.75. The SMILES string of the molecule is Cc1cc(F)cc2c(C3CC(OC(=O)NCC(F)F)C3)c(-c3ccc(F)cc3)[nH]c12. The van der Waals surface area contributed by atoms with Gasteiger partial charge < -0.3 is 15.0 Å². The molecule has 0 atom stereocenters. The number of aromatic amines is 1. The fourth-order valence-corrected chi connectivity index (χ4v) is 3.97. The van der Waals surface area contributed by atoms with Crippen molar-refractivity contribution in [2.75, 3.05) is 6.54 Å². The fourth-order valence-electron chi connectivity index (χ4n) is 3.97. The van der Waals surface area contributed by atoms with Crippen LogP contribution in [-0.2, 0) is 4.74 Å². The molecule has 0 saturated heterocycles. The standard InChI is InChI=1S/C22H20F4N2O2/c1-11-6-15(24)9-17-19(13-7-16(8-13)30-22(29)27-10-18(25)26)21(28-20(11)17)12-2-4-14(23)5-3-12/h2-6,9,13,16,18,28H,7-8,10H2,1H3,(H,27,29). The van der Waals surface area contributed by atoms with Crippen LogP contribution in [0.25, 0.3) is 22.2 Å². The van der Waals surface area contributed by atoms with Crippen LogP contribution in [0.15, 0.2) is 36.4 Å². The maximum Gasteiger partial charge on any atom is 0.407 e. The van der Waals surface area contributed by atoms with Crippen molar-refractivity contribution in [2.24, 2.45) is 0 Å². The lowest BCUT2D eigenvalue weighted by Crippen LogP contribution is -2.37. The Kier molecular flexibility index (Phi) is 5.40. The van der Waals surface area contributed by atoms with Crippen molar-refractivity contribution in [3.05, 3.63) is 59.2 Å². The quantitative estimate of drug-likeness (QED) is 0.524. The van der Waals surface area contributed by atoms with E-state index in [2.05, 4.69) is 4.98 Å². The largest absolute Gasteiger partial charge is 0.446 e. The second-order valence-electron chi connectivity index (χ2n) is 7.53. The van der Waals surface area contributed by atoms with Crippen LogP contribution in [-0.4, -0.2) is 30.2 Å². The van der Waals surface area contributed by atoms with Gasteiger partial charge in [0.1, 0.15) is 17.7 Å². The summed E-state index contributed by atoms with van der Waals surface area (Å²) in [6, 6.07) is 8.93. The Balaban J connectivity index is 1.61. The van der Waals surface area contributed by atoms with E-state index in [1.807, 2.05) is 5.32 Å². The van der Waals surface area contributed by atoms with E-state index in [4.69, 9.17) is 4.74 Å². The van der Waals surface area contributed by atoms with Gasteiger partial charge in [0.05, 0.1) is 6.54 Å². The highest BCUT2D eigenvalue weighted by Gasteiger charge is 2.37. The van der Waals surface area contributed by atoms with Gasteiger partial charge >= 0.3 is 6.09 Å². The Morgan fingerprint density at radius 3 is 2.53 bits per heavy atom. The summed E-state index contributed by atoms with van der Waals surface area (Å²) >= 11 is 0. The molecule has 0 bridgehead atoms. The maximum atomic E-state index is 14.1. The number of fused-ring (bicyclic) bond motifs is 1. The summed E-state index contributed by atoms with van der Waals surface area (Å²) in [4.78, 5) is 14.9. The molecule has 1 aliphatic carbocycles. The molecule has 1 aromatic heterocycles. The molecular formula is C22H20F4N2O2. The Morgan fingerprint density at radius 2 is 1.87 bits per heavy atom. The summed E-state index contributed by atoms with van der Waals surface area (Å²) in [6.07, 6.45) is -2.96. The number of carbonyl (C=O) groups is 1. The number of carbonyl (C=O) groups excluding carboxylic acids is 1. The lowest BCUT2D eigenvalue weighted by Gasteiger charge is -2.35. The van der Waals surface area contributed by atoms with Gasteiger partial charge in [0, 0.05) is 16.6 Å². The highest BCUT2D eigenvalue weighted by atomic mass is 19.3. The smallest absolute Gasteiger partial charge is 0.407 e. The molecule has 0 aliphatic heterocycles. The molecule has 1 saturated carbocycles. The summed E-state index contributed by atoms with van der Waals surface area (Å²) < 4.78 is 57.1. The van der Waals surface area contributed by atoms with E-state index in [9.17, 15) is 22.4 Å². The lowest BCUT2D eigenvalue weighted by molar-refractivity contribution is 0.0361. The van der Waals surface area contributed by atoms with E-state index in [-0.39, 0.29) is 17.6 Å². The third kappa shape index (κ3) is 3.99. The van der Waals surface area contributed by atoms with E-state index >= 15 is 0 Å². The molecule has 3 aromatic rings. The molecule has 8 heteroatoms.